The first-order chi connectivity index (χ1) is 11.0. The molecule has 2 aromatic carbocycles. The van der Waals surface area contributed by atoms with E-state index in [1.54, 1.807) is 30.3 Å². The van der Waals surface area contributed by atoms with Crippen molar-refractivity contribution in [3.63, 3.8) is 0 Å². The van der Waals surface area contributed by atoms with Crippen molar-refractivity contribution in [2.24, 2.45) is 0 Å². The second-order valence-electron chi connectivity index (χ2n) is 5.10. The minimum Gasteiger partial charge on any atom is -0.453 e. The van der Waals surface area contributed by atoms with Crippen molar-refractivity contribution in [1.82, 2.24) is 0 Å². The van der Waals surface area contributed by atoms with E-state index in [0.29, 0.717) is 16.9 Å². The molecule has 0 fully saturated rings. The SMILES string of the molecule is COC(=O)Nc1cccc(NC(=O)c2cccc(N(C)C)c2)c1. The summed E-state index contributed by atoms with van der Waals surface area (Å²) in [6.07, 6.45) is -0.563. The Bertz CT molecular complexity index is 714. The van der Waals surface area contributed by atoms with E-state index < -0.39 is 6.09 Å². The normalized spacial score (nSPS) is 9.87. The van der Waals surface area contributed by atoms with E-state index in [-0.39, 0.29) is 5.91 Å². The standard InChI is InChI=1S/C17H19N3O3/c1-20(2)15-9-4-6-12(10-15)16(21)18-13-7-5-8-14(11-13)19-17(22)23-3/h4-11H,1-3H3,(H,18,21)(H,19,22). The lowest BCUT2D eigenvalue weighted by Gasteiger charge is -2.13. The third kappa shape index (κ3) is 4.47. The minimum atomic E-state index is -0.563. The van der Waals surface area contributed by atoms with E-state index in [9.17, 15) is 9.59 Å². The van der Waals surface area contributed by atoms with E-state index in [4.69, 9.17) is 0 Å². The molecule has 23 heavy (non-hydrogen) atoms. The molecule has 0 bridgehead atoms. The average Bonchev–Trinajstić information content (AvgIpc) is 2.55. The maximum Gasteiger partial charge on any atom is 0.411 e. The molecule has 0 aliphatic carbocycles. The van der Waals surface area contributed by atoms with Gasteiger partial charge in [-0.05, 0) is 36.4 Å². The van der Waals surface area contributed by atoms with E-state index in [0.717, 1.165) is 5.69 Å². The van der Waals surface area contributed by atoms with Gasteiger partial charge in [0.1, 0.15) is 0 Å². The van der Waals surface area contributed by atoms with Crippen LogP contribution in [0.15, 0.2) is 48.5 Å². The highest BCUT2D eigenvalue weighted by atomic mass is 16.5. The fraction of sp³-hybridized carbons (Fsp3) is 0.176. The highest BCUT2D eigenvalue weighted by Gasteiger charge is 2.08. The molecule has 0 aliphatic heterocycles. The largest absolute Gasteiger partial charge is 0.453 e. The molecule has 0 aromatic heterocycles. The highest BCUT2D eigenvalue weighted by molar-refractivity contribution is 6.05. The van der Waals surface area contributed by atoms with Gasteiger partial charge in [0.05, 0.1) is 7.11 Å². The molecule has 120 valence electrons. The second-order valence-corrected chi connectivity index (χ2v) is 5.10. The van der Waals surface area contributed by atoms with Crippen LogP contribution in [0.2, 0.25) is 0 Å². The van der Waals surface area contributed by atoms with Crippen molar-refractivity contribution in [3.8, 4) is 0 Å². The molecule has 2 rings (SSSR count). The van der Waals surface area contributed by atoms with E-state index in [2.05, 4.69) is 15.4 Å². The third-order valence-electron chi connectivity index (χ3n) is 3.18. The maximum absolute atomic E-state index is 12.3. The van der Waals surface area contributed by atoms with Gasteiger partial charge in [0.25, 0.3) is 5.91 Å². The number of amides is 2. The van der Waals surface area contributed by atoms with Gasteiger partial charge < -0.3 is 15.0 Å². The van der Waals surface area contributed by atoms with Gasteiger partial charge in [-0.2, -0.15) is 0 Å². The molecule has 2 amide bonds. The van der Waals surface area contributed by atoms with Gasteiger partial charge in [-0.1, -0.05) is 12.1 Å². The van der Waals surface area contributed by atoms with E-state index in [1.165, 1.54) is 7.11 Å². The number of nitrogens with zero attached hydrogens (tertiary/aromatic N) is 1. The predicted octanol–water partition coefficient (Wildman–Crippen LogP) is 3.18. The Labute approximate surface area is 135 Å². The summed E-state index contributed by atoms with van der Waals surface area (Å²) in [4.78, 5) is 25.5. The van der Waals surface area contributed by atoms with Crippen LogP contribution >= 0.6 is 0 Å². The number of methoxy groups -OCH3 is 1. The van der Waals surface area contributed by atoms with Crippen molar-refractivity contribution >= 4 is 29.1 Å². The van der Waals surface area contributed by atoms with Crippen LogP contribution in [0.5, 0.6) is 0 Å². The predicted molar refractivity (Wildman–Crippen MR) is 91.2 cm³/mol. The summed E-state index contributed by atoms with van der Waals surface area (Å²) in [7, 11) is 5.12. The molecule has 6 nitrogen and oxygen atoms in total. The minimum absolute atomic E-state index is 0.219. The topological polar surface area (TPSA) is 70.7 Å². The van der Waals surface area contributed by atoms with Gasteiger partial charge in [0.2, 0.25) is 0 Å². The zero-order valence-electron chi connectivity index (χ0n) is 13.3. The molecule has 0 atom stereocenters. The molecule has 0 heterocycles. The number of benzene rings is 2. The molecule has 0 aliphatic rings. The number of carbonyl (C=O) groups excluding carboxylic acids is 2. The summed E-state index contributed by atoms with van der Waals surface area (Å²) in [5.41, 5.74) is 2.62. The molecular formula is C17H19N3O3. The van der Waals surface area contributed by atoms with Crippen LogP contribution in [0.25, 0.3) is 0 Å². The Kier molecular flexibility index (Phi) is 5.19. The first-order valence-corrected chi connectivity index (χ1v) is 7.03. The van der Waals surface area contributed by atoms with Crippen LogP contribution in [-0.2, 0) is 4.74 Å². The number of anilines is 3. The highest BCUT2D eigenvalue weighted by Crippen LogP contribution is 2.18. The fourth-order valence-electron chi connectivity index (χ4n) is 1.97. The van der Waals surface area contributed by atoms with Gasteiger partial charge in [0.15, 0.2) is 0 Å². The summed E-state index contributed by atoms with van der Waals surface area (Å²) in [5, 5.41) is 5.36. The van der Waals surface area contributed by atoms with Crippen molar-refractivity contribution < 1.29 is 14.3 Å². The number of hydrogen-bond acceptors (Lipinski definition) is 4. The Morgan fingerprint density at radius 1 is 0.957 bits per heavy atom. The molecule has 0 unspecified atom stereocenters. The molecule has 2 aromatic rings. The lowest BCUT2D eigenvalue weighted by Crippen LogP contribution is -2.15. The molecule has 0 radical (unpaired) electrons. The molecular weight excluding hydrogens is 294 g/mol. The quantitative estimate of drug-likeness (QED) is 0.909. The molecule has 2 N–H and O–H groups in total. The zero-order valence-corrected chi connectivity index (χ0v) is 13.3. The summed E-state index contributed by atoms with van der Waals surface area (Å²) in [5.74, 6) is -0.219. The Morgan fingerprint density at radius 2 is 1.61 bits per heavy atom. The third-order valence-corrected chi connectivity index (χ3v) is 3.18. The van der Waals surface area contributed by atoms with Crippen LogP contribution in [0, 0.1) is 0 Å². The fourth-order valence-corrected chi connectivity index (χ4v) is 1.97. The molecule has 0 saturated heterocycles. The van der Waals surface area contributed by atoms with Crippen LogP contribution in [0.3, 0.4) is 0 Å². The lowest BCUT2D eigenvalue weighted by atomic mass is 10.1. The Balaban J connectivity index is 2.12. The Morgan fingerprint density at radius 3 is 2.26 bits per heavy atom. The number of nitrogens with one attached hydrogen (secondary N) is 2. The number of ether oxygens (including phenoxy) is 1. The van der Waals surface area contributed by atoms with Crippen molar-refractivity contribution in [2.45, 2.75) is 0 Å². The van der Waals surface area contributed by atoms with Gasteiger partial charge in [-0.3, -0.25) is 10.1 Å². The lowest BCUT2D eigenvalue weighted by molar-refractivity contribution is 0.102. The van der Waals surface area contributed by atoms with Gasteiger partial charge in [-0.15, -0.1) is 0 Å². The first kappa shape index (κ1) is 16.4. The summed E-state index contributed by atoms with van der Waals surface area (Å²) < 4.78 is 4.54. The van der Waals surface area contributed by atoms with Crippen molar-refractivity contribution in [1.29, 1.82) is 0 Å². The van der Waals surface area contributed by atoms with E-state index >= 15 is 0 Å². The maximum atomic E-state index is 12.3. The molecule has 0 saturated carbocycles. The first-order valence-electron chi connectivity index (χ1n) is 7.03. The summed E-state index contributed by atoms with van der Waals surface area (Å²) in [6, 6.07) is 14.2. The van der Waals surface area contributed by atoms with Gasteiger partial charge in [-0.25, -0.2) is 4.79 Å². The summed E-state index contributed by atoms with van der Waals surface area (Å²) >= 11 is 0. The molecule has 0 spiro atoms. The van der Waals surface area contributed by atoms with Gasteiger partial charge in [0, 0.05) is 36.7 Å². The monoisotopic (exact) mass is 313 g/mol. The average molecular weight is 313 g/mol. The number of rotatable bonds is 4. The van der Waals surface area contributed by atoms with Crippen molar-refractivity contribution in [2.75, 3.05) is 36.7 Å². The van der Waals surface area contributed by atoms with Crippen LogP contribution in [0.1, 0.15) is 10.4 Å². The van der Waals surface area contributed by atoms with Crippen LogP contribution < -0.4 is 15.5 Å². The van der Waals surface area contributed by atoms with Crippen LogP contribution in [0.4, 0.5) is 21.9 Å². The van der Waals surface area contributed by atoms with Crippen molar-refractivity contribution in [3.05, 3.63) is 54.1 Å². The summed E-state index contributed by atoms with van der Waals surface area (Å²) in [6.45, 7) is 0. The molecule has 6 heteroatoms. The zero-order chi connectivity index (χ0) is 16.8. The smallest absolute Gasteiger partial charge is 0.411 e. The van der Waals surface area contributed by atoms with Gasteiger partial charge >= 0.3 is 6.09 Å². The number of hydrogen-bond donors (Lipinski definition) is 2. The van der Waals surface area contributed by atoms with E-state index in [1.807, 2.05) is 37.2 Å². The number of carbonyl (C=O) groups is 2. The Hall–Kier alpha value is -3.02. The van der Waals surface area contributed by atoms with Crippen LogP contribution in [-0.4, -0.2) is 33.2 Å². The second kappa shape index (κ2) is 7.31.